The molecule has 166 valence electrons. The first-order chi connectivity index (χ1) is 13.5. The van der Waals surface area contributed by atoms with Crippen LogP contribution < -0.4 is 4.74 Å². The molecule has 1 aliphatic rings. The Hall–Kier alpha value is -1.26. The van der Waals surface area contributed by atoms with Crippen LogP contribution in [0.1, 0.15) is 50.7 Å². The molecule has 1 aliphatic heterocycles. The van der Waals surface area contributed by atoms with E-state index in [1.807, 2.05) is 26.0 Å². The van der Waals surface area contributed by atoms with Gasteiger partial charge in [0.25, 0.3) is 0 Å². The van der Waals surface area contributed by atoms with Gasteiger partial charge in [0.1, 0.15) is 30.2 Å². The first-order valence-electron chi connectivity index (χ1n) is 9.93. The van der Waals surface area contributed by atoms with Gasteiger partial charge < -0.3 is 40.1 Å². The third-order valence-electron chi connectivity index (χ3n) is 5.56. The Kier molecular flexibility index (Phi) is 8.03. The molecule has 8 nitrogen and oxygen atoms in total. The highest BCUT2D eigenvalue weighted by molar-refractivity contribution is 5.38. The van der Waals surface area contributed by atoms with Crippen LogP contribution in [0.15, 0.2) is 18.2 Å². The van der Waals surface area contributed by atoms with Crippen molar-refractivity contribution in [1.29, 1.82) is 0 Å². The topological polar surface area (TPSA) is 140 Å². The maximum absolute atomic E-state index is 10.2. The molecule has 1 heterocycles. The summed E-state index contributed by atoms with van der Waals surface area (Å²) in [5.74, 6) is 0.520. The Morgan fingerprint density at radius 2 is 1.76 bits per heavy atom. The monoisotopic (exact) mass is 414 g/mol. The van der Waals surface area contributed by atoms with E-state index in [-0.39, 0.29) is 5.92 Å². The maximum Gasteiger partial charge on any atom is 0.229 e. The van der Waals surface area contributed by atoms with Crippen LogP contribution >= 0.6 is 0 Å². The molecule has 0 amide bonds. The van der Waals surface area contributed by atoms with Crippen molar-refractivity contribution in [2.24, 2.45) is 0 Å². The minimum absolute atomic E-state index is 0.0738. The van der Waals surface area contributed by atoms with Crippen molar-refractivity contribution < 1.29 is 40.1 Å². The fourth-order valence-corrected chi connectivity index (χ4v) is 3.27. The fourth-order valence-electron chi connectivity index (χ4n) is 3.27. The summed E-state index contributed by atoms with van der Waals surface area (Å²) >= 11 is 0. The number of ether oxygens (including phenoxy) is 2. The summed E-state index contributed by atoms with van der Waals surface area (Å²) in [5.41, 5.74) is 0.567. The van der Waals surface area contributed by atoms with Gasteiger partial charge in [0.05, 0.1) is 18.3 Å². The van der Waals surface area contributed by atoms with Gasteiger partial charge in [-0.05, 0) is 56.7 Å². The zero-order valence-electron chi connectivity index (χ0n) is 17.4. The summed E-state index contributed by atoms with van der Waals surface area (Å²) in [5, 5.41) is 59.2. The molecule has 8 heteroatoms. The van der Waals surface area contributed by atoms with Crippen LogP contribution in [0, 0.1) is 6.92 Å². The van der Waals surface area contributed by atoms with Gasteiger partial charge in [-0.3, -0.25) is 0 Å². The predicted molar refractivity (Wildman–Crippen MR) is 106 cm³/mol. The van der Waals surface area contributed by atoms with E-state index in [0.29, 0.717) is 18.6 Å². The molecule has 1 saturated heterocycles. The largest absolute Gasteiger partial charge is 0.462 e. The van der Waals surface area contributed by atoms with Gasteiger partial charge in [-0.2, -0.15) is 0 Å². The molecule has 1 aromatic carbocycles. The van der Waals surface area contributed by atoms with Gasteiger partial charge in [0, 0.05) is 0 Å². The molecule has 2 rings (SSSR count). The van der Waals surface area contributed by atoms with Crippen LogP contribution in [0.25, 0.3) is 0 Å². The minimum atomic E-state index is -1.50. The lowest BCUT2D eigenvalue weighted by molar-refractivity contribution is -0.277. The highest BCUT2D eigenvalue weighted by atomic mass is 16.7. The van der Waals surface area contributed by atoms with E-state index in [4.69, 9.17) is 9.47 Å². The average Bonchev–Trinajstić information content (AvgIpc) is 2.66. The van der Waals surface area contributed by atoms with Crippen LogP contribution in [-0.2, 0) is 4.74 Å². The van der Waals surface area contributed by atoms with Crippen molar-refractivity contribution in [3.05, 3.63) is 29.3 Å². The van der Waals surface area contributed by atoms with Gasteiger partial charge in [-0.25, -0.2) is 0 Å². The molecule has 0 aliphatic carbocycles. The third kappa shape index (κ3) is 5.88. The van der Waals surface area contributed by atoms with Crippen molar-refractivity contribution >= 4 is 0 Å². The molecule has 0 aromatic heterocycles. The molecule has 1 aromatic rings. The lowest BCUT2D eigenvalue weighted by atomic mass is 9.90. The van der Waals surface area contributed by atoms with Crippen LogP contribution in [0.4, 0.5) is 0 Å². The SMILES string of the molecule is Cc1ccc([C@H](C)CC[C@@H](O)C(C)(C)O)cc1O[C@@H]1O[C@H](CO)[C@@H](O)[C@H](O)[C@H]1O. The maximum atomic E-state index is 10.2. The smallest absolute Gasteiger partial charge is 0.229 e. The summed E-state index contributed by atoms with van der Waals surface area (Å²) in [6.07, 6.45) is -6.46. The number of benzene rings is 1. The first kappa shape index (κ1) is 24.0. The number of hydrogen-bond donors (Lipinski definition) is 6. The highest BCUT2D eigenvalue weighted by Gasteiger charge is 2.44. The Labute approximate surface area is 171 Å². The molecule has 0 unspecified atom stereocenters. The molecule has 0 radical (unpaired) electrons. The van der Waals surface area contributed by atoms with Gasteiger partial charge in [0.15, 0.2) is 0 Å². The standard InChI is InChI=1S/C21H34O8/c1-11(6-8-16(23)21(3,4)27)13-7-5-12(2)14(9-13)28-20-19(26)18(25)17(24)15(10-22)29-20/h5,7,9,11,15-20,22-27H,6,8,10H2,1-4H3/t11-,15-,16-,17-,18+,19-,20-/m1/s1. The molecule has 1 fully saturated rings. The second-order valence-electron chi connectivity index (χ2n) is 8.49. The number of aliphatic hydroxyl groups is 6. The number of hydrogen-bond acceptors (Lipinski definition) is 8. The summed E-state index contributed by atoms with van der Waals surface area (Å²) in [6.45, 7) is 6.44. The molecular weight excluding hydrogens is 380 g/mol. The van der Waals surface area contributed by atoms with E-state index in [1.54, 1.807) is 19.9 Å². The van der Waals surface area contributed by atoms with E-state index in [9.17, 15) is 30.6 Å². The Balaban J connectivity index is 2.10. The molecule has 29 heavy (non-hydrogen) atoms. The van der Waals surface area contributed by atoms with Gasteiger partial charge in [-0.15, -0.1) is 0 Å². The lowest BCUT2D eigenvalue weighted by Gasteiger charge is -2.39. The first-order valence-corrected chi connectivity index (χ1v) is 9.93. The average molecular weight is 414 g/mol. The lowest BCUT2D eigenvalue weighted by Crippen LogP contribution is -2.60. The quantitative estimate of drug-likeness (QED) is 0.354. The second-order valence-corrected chi connectivity index (χ2v) is 8.49. The van der Waals surface area contributed by atoms with Crippen molar-refractivity contribution in [2.45, 2.75) is 88.9 Å². The molecule has 0 bridgehead atoms. The van der Waals surface area contributed by atoms with E-state index in [2.05, 4.69) is 0 Å². The molecular formula is C21H34O8. The van der Waals surface area contributed by atoms with Gasteiger partial charge in [0.2, 0.25) is 6.29 Å². The molecule has 6 N–H and O–H groups in total. The zero-order valence-corrected chi connectivity index (χ0v) is 17.4. The summed E-state index contributed by atoms with van der Waals surface area (Å²) < 4.78 is 11.2. The van der Waals surface area contributed by atoms with Crippen molar-refractivity contribution in [1.82, 2.24) is 0 Å². The Bertz CT molecular complexity index is 657. The molecule has 0 saturated carbocycles. The highest BCUT2D eigenvalue weighted by Crippen LogP contribution is 2.31. The summed E-state index contributed by atoms with van der Waals surface area (Å²) in [7, 11) is 0. The Morgan fingerprint density at radius 1 is 1.10 bits per heavy atom. The van der Waals surface area contributed by atoms with E-state index < -0.39 is 49.0 Å². The van der Waals surface area contributed by atoms with E-state index >= 15 is 0 Å². The predicted octanol–water partition coefficient (Wildman–Crippen LogP) is 0.189. The third-order valence-corrected chi connectivity index (χ3v) is 5.56. The number of aryl methyl sites for hydroxylation is 1. The van der Waals surface area contributed by atoms with E-state index in [1.165, 1.54) is 0 Å². The van der Waals surface area contributed by atoms with Crippen molar-refractivity contribution in [2.75, 3.05) is 6.61 Å². The van der Waals surface area contributed by atoms with Crippen LogP contribution in [0.2, 0.25) is 0 Å². The number of rotatable bonds is 8. The van der Waals surface area contributed by atoms with Crippen LogP contribution in [0.3, 0.4) is 0 Å². The van der Waals surface area contributed by atoms with Gasteiger partial charge in [-0.1, -0.05) is 19.1 Å². The molecule has 0 spiro atoms. The van der Waals surface area contributed by atoms with Crippen molar-refractivity contribution in [3.63, 3.8) is 0 Å². The number of aliphatic hydroxyl groups excluding tert-OH is 5. The summed E-state index contributed by atoms with van der Waals surface area (Å²) in [6, 6.07) is 5.60. The van der Waals surface area contributed by atoms with Crippen molar-refractivity contribution in [3.8, 4) is 5.75 Å². The van der Waals surface area contributed by atoms with Gasteiger partial charge >= 0.3 is 0 Å². The van der Waals surface area contributed by atoms with E-state index in [0.717, 1.165) is 11.1 Å². The fraction of sp³-hybridized carbons (Fsp3) is 0.714. The second kappa shape index (κ2) is 9.70. The normalized spacial score (nSPS) is 30.1. The Morgan fingerprint density at radius 3 is 2.34 bits per heavy atom. The zero-order chi connectivity index (χ0) is 21.9. The molecule has 7 atom stereocenters. The van der Waals surface area contributed by atoms with Crippen LogP contribution in [-0.4, -0.2) is 79.7 Å². The van der Waals surface area contributed by atoms with Crippen LogP contribution in [0.5, 0.6) is 5.75 Å². The summed E-state index contributed by atoms with van der Waals surface area (Å²) in [4.78, 5) is 0. The minimum Gasteiger partial charge on any atom is -0.462 e.